The lowest BCUT2D eigenvalue weighted by atomic mass is 10.0. The number of carbonyl (C=O) groups excluding carboxylic acids is 1. The van der Waals surface area contributed by atoms with Crippen LogP contribution in [0.3, 0.4) is 0 Å². The maximum atomic E-state index is 10.8. The third-order valence-electron chi connectivity index (χ3n) is 1.62. The van der Waals surface area contributed by atoms with Crippen molar-refractivity contribution >= 4 is 5.78 Å². The summed E-state index contributed by atoms with van der Waals surface area (Å²) in [5, 5.41) is 26.4. The molecular formula is C6H10O5. The van der Waals surface area contributed by atoms with E-state index in [1.54, 1.807) is 0 Å². The van der Waals surface area contributed by atoms with Crippen LogP contribution in [0.1, 0.15) is 0 Å². The highest BCUT2D eigenvalue weighted by Gasteiger charge is 2.36. The summed E-state index contributed by atoms with van der Waals surface area (Å²) in [4.78, 5) is 10.8. The lowest BCUT2D eigenvalue weighted by Crippen LogP contribution is -2.51. The van der Waals surface area contributed by atoms with Crippen LogP contribution in [0.4, 0.5) is 0 Å². The first-order valence-corrected chi connectivity index (χ1v) is 3.29. The van der Waals surface area contributed by atoms with Gasteiger partial charge in [-0.3, -0.25) is 4.79 Å². The number of ether oxygens (including phenoxy) is 1. The quantitative estimate of drug-likeness (QED) is 0.402. The van der Waals surface area contributed by atoms with Crippen LogP contribution in [0.25, 0.3) is 0 Å². The number of rotatable bonds is 1. The van der Waals surface area contributed by atoms with E-state index in [0.717, 1.165) is 0 Å². The molecule has 3 atom stereocenters. The van der Waals surface area contributed by atoms with Crippen molar-refractivity contribution in [1.82, 2.24) is 0 Å². The molecule has 0 radical (unpaired) electrons. The molecule has 0 aromatic rings. The van der Waals surface area contributed by atoms with Crippen molar-refractivity contribution < 1.29 is 24.9 Å². The minimum absolute atomic E-state index is 0.152. The maximum Gasteiger partial charge on any atom is 0.194 e. The molecule has 1 aliphatic rings. The molecule has 1 aliphatic heterocycles. The average Bonchev–Trinajstić information content (AvgIpc) is 2.01. The predicted octanol–water partition coefficient (Wildman–Crippen LogP) is -2.33. The van der Waals surface area contributed by atoms with E-state index in [0.29, 0.717) is 0 Å². The molecule has 0 aromatic heterocycles. The van der Waals surface area contributed by atoms with Crippen LogP contribution < -0.4 is 0 Å². The van der Waals surface area contributed by atoms with Gasteiger partial charge in [0.25, 0.3) is 0 Å². The first-order chi connectivity index (χ1) is 5.16. The Hall–Kier alpha value is -0.490. The molecule has 5 heteroatoms. The van der Waals surface area contributed by atoms with Gasteiger partial charge >= 0.3 is 0 Å². The first kappa shape index (κ1) is 8.61. The summed E-state index contributed by atoms with van der Waals surface area (Å²) in [5.41, 5.74) is 0. The standard InChI is InChI=1S/C6H10O5/c7-1-4-6(10)5(9)3(8)2-11-4/h3-4,6-8,10H,1-2H2/t3-,4+,6+/m0/s1. The van der Waals surface area contributed by atoms with Gasteiger partial charge in [0.2, 0.25) is 0 Å². The molecule has 1 fully saturated rings. The molecule has 0 bridgehead atoms. The molecule has 0 aromatic carbocycles. The van der Waals surface area contributed by atoms with Crippen molar-refractivity contribution in [3.63, 3.8) is 0 Å². The largest absolute Gasteiger partial charge is 0.394 e. The molecule has 0 saturated carbocycles. The lowest BCUT2D eigenvalue weighted by Gasteiger charge is -2.28. The molecule has 1 rings (SSSR count). The third kappa shape index (κ3) is 1.57. The van der Waals surface area contributed by atoms with Crippen molar-refractivity contribution in [3.05, 3.63) is 0 Å². The van der Waals surface area contributed by atoms with Gasteiger partial charge in [-0.1, -0.05) is 0 Å². The highest BCUT2D eigenvalue weighted by atomic mass is 16.5. The fraction of sp³-hybridized carbons (Fsp3) is 0.833. The molecule has 11 heavy (non-hydrogen) atoms. The molecule has 0 amide bonds. The van der Waals surface area contributed by atoms with Crippen molar-refractivity contribution in [2.45, 2.75) is 18.3 Å². The number of aliphatic hydroxyl groups excluding tert-OH is 3. The molecule has 1 heterocycles. The SMILES string of the molecule is O=C1[C@@H](O)CO[C@H](CO)[C@H]1O. The highest BCUT2D eigenvalue weighted by Crippen LogP contribution is 2.10. The van der Waals surface area contributed by atoms with Gasteiger partial charge in [0.1, 0.15) is 18.3 Å². The van der Waals surface area contributed by atoms with Gasteiger partial charge in [-0.15, -0.1) is 0 Å². The second kappa shape index (κ2) is 3.27. The van der Waals surface area contributed by atoms with Crippen LogP contribution in [0.2, 0.25) is 0 Å². The Kier molecular flexibility index (Phi) is 2.56. The molecule has 64 valence electrons. The van der Waals surface area contributed by atoms with Crippen molar-refractivity contribution in [2.75, 3.05) is 13.2 Å². The van der Waals surface area contributed by atoms with E-state index in [4.69, 9.17) is 20.1 Å². The van der Waals surface area contributed by atoms with Crippen molar-refractivity contribution in [3.8, 4) is 0 Å². The fourth-order valence-electron chi connectivity index (χ4n) is 0.921. The smallest absolute Gasteiger partial charge is 0.194 e. The van der Waals surface area contributed by atoms with Gasteiger partial charge < -0.3 is 20.1 Å². The number of aliphatic hydroxyl groups is 3. The predicted molar refractivity (Wildman–Crippen MR) is 33.8 cm³/mol. The van der Waals surface area contributed by atoms with Gasteiger partial charge in [-0.05, 0) is 0 Å². The number of hydrogen-bond acceptors (Lipinski definition) is 5. The van der Waals surface area contributed by atoms with Crippen LogP contribution >= 0.6 is 0 Å². The van der Waals surface area contributed by atoms with Crippen molar-refractivity contribution in [1.29, 1.82) is 0 Å². The number of ketones is 1. The number of Topliss-reactive ketones (excluding diaryl/α,β-unsaturated/α-hetero) is 1. The minimum Gasteiger partial charge on any atom is -0.394 e. The zero-order valence-corrected chi connectivity index (χ0v) is 5.80. The third-order valence-corrected chi connectivity index (χ3v) is 1.62. The summed E-state index contributed by atoms with van der Waals surface area (Å²) in [6, 6.07) is 0. The highest BCUT2D eigenvalue weighted by molar-refractivity contribution is 5.88. The number of carbonyl (C=O) groups is 1. The van der Waals surface area contributed by atoms with Crippen LogP contribution in [-0.4, -0.2) is 52.6 Å². The molecule has 5 nitrogen and oxygen atoms in total. The summed E-state index contributed by atoms with van der Waals surface area (Å²) in [6.07, 6.45) is -3.54. The van der Waals surface area contributed by atoms with E-state index in [9.17, 15) is 4.79 Å². The van der Waals surface area contributed by atoms with E-state index >= 15 is 0 Å². The van der Waals surface area contributed by atoms with E-state index in [1.807, 2.05) is 0 Å². The Morgan fingerprint density at radius 2 is 2.18 bits per heavy atom. The minimum atomic E-state index is -1.40. The Morgan fingerprint density at radius 1 is 1.55 bits per heavy atom. The molecule has 0 unspecified atom stereocenters. The van der Waals surface area contributed by atoms with Crippen molar-refractivity contribution in [2.24, 2.45) is 0 Å². The van der Waals surface area contributed by atoms with Gasteiger partial charge in [-0.25, -0.2) is 0 Å². The van der Waals surface area contributed by atoms with Crippen LogP contribution in [-0.2, 0) is 9.53 Å². The van der Waals surface area contributed by atoms with E-state index in [1.165, 1.54) is 0 Å². The molecular weight excluding hydrogens is 152 g/mol. The van der Waals surface area contributed by atoms with Gasteiger partial charge in [-0.2, -0.15) is 0 Å². The number of hydrogen-bond donors (Lipinski definition) is 3. The fourth-order valence-corrected chi connectivity index (χ4v) is 0.921. The molecule has 0 spiro atoms. The summed E-state index contributed by atoms with van der Waals surface area (Å²) < 4.78 is 4.75. The van der Waals surface area contributed by atoms with E-state index in [-0.39, 0.29) is 6.61 Å². The van der Waals surface area contributed by atoms with Crippen LogP contribution in [0, 0.1) is 0 Å². The van der Waals surface area contributed by atoms with Gasteiger partial charge in [0.05, 0.1) is 13.2 Å². The molecule has 0 aliphatic carbocycles. The normalized spacial score (nSPS) is 39.2. The van der Waals surface area contributed by atoms with E-state index < -0.39 is 30.7 Å². The Bertz CT molecular complexity index is 157. The second-order valence-electron chi connectivity index (χ2n) is 2.42. The summed E-state index contributed by atoms with van der Waals surface area (Å²) in [5.74, 6) is -0.685. The van der Waals surface area contributed by atoms with E-state index in [2.05, 4.69) is 0 Å². The summed E-state index contributed by atoms with van der Waals surface area (Å²) in [6.45, 7) is -0.569. The van der Waals surface area contributed by atoms with Gasteiger partial charge in [0.15, 0.2) is 5.78 Å². The molecule has 1 saturated heterocycles. The Labute approximate surface area is 63.2 Å². The monoisotopic (exact) mass is 162 g/mol. The zero-order valence-electron chi connectivity index (χ0n) is 5.80. The second-order valence-corrected chi connectivity index (χ2v) is 2.42. The molecule has 3 N–H and O–H groups in total. The summed E-state index contributed by atoms with van der Waals surface area (Å²) in [7, 11) is 0. The van der Waals surface area contributed by atoms with Crippen LogP contribution in [0.15, 0.2) is 0 Å². The first-order valence-electron chi connectivity index (χ1n) is 3.29. The zero-order chi connectivity index (χ0) is 8.43. The Balaban J connectivity index is 2.59. The maximum absolute atomic E-state index is 10.8. The average molecular weight is 162 g/mol. The van der Waals surface area contributed by atoms with Gasteiger partial charge in [0, 0.05) is 0 Å². The Morgan fingerprint density at radius 3 is 2.73 bits per heavy atom. The van der Waals surface area contributed by atoms with Crippen LogP contribution in [0.5, 0.6) is 0 Å². The summed E-state index contributed by atoms with van der Waals surface area (Å²) >= 11 is 0. The topological polar surface area (TPSA) is 87.0 Å². The lowest BCUT2D eigenvalue weighted by molar-refractivity contribution is -0.168.